The fraction of sp³-hybridized carbons (Fsp3) is 0.556. The van der Waals surface area contributed by atoms with Crippen LogP contribution in [-0.4, -0.2) is 84.1 Å². The Hall–Kier alpha value is -2.24. The van der Waals surface area contributed by atoms with Crippen molar-refractivity contribution in [3.05, 3.63) is 16.7 Å². The summed E-state index contributed by atoms with van der Waals surface area (Å²) >= 11 is 9.45. The van der Waals surface area contributed by atoms with Gasteiger partial charge < -0.3 is 16.2 Å². The van der Waals surface area contributed by atoms with Crippen molar-refractivity contribution in [2.24, 2.45) is 0 Å². The number of halogens is 1. The van der Waals surface area contributed by atoms with E-state index in [1.54, 1.807) is 0 Å². The molecular formula is C18H23FN12O8P2S3. The number of hydrogen-bond donors (Lipinski definition) is 7. The molecular weight excluding hydrogens is 689 g/mol. The van der Waals surface area contributed by atoms with Crippen LogP contribution in [0.4, 0.5) is 27.7 Å². The number of aromatic amines is 1. The maximum absolute atomic E-state index is 16.9. The second kappa shape index (κ2) is 10.9. The lowest BCUT2D eigenvalue weighted by Gasteiger charge is -2.36. The van der Waals surface area contributed by atoms with Gasteiger partial charge in [0.1, 0.15) is 36.2 Å². The van der Waals surface area contributed by atoms with Crippen LogP contribution in [0.2, 0.25) is 0 Å². The summed E-state index contributed by atoms with van der Waals surface area (Å²) in [6, 6.07) is 0. The third kappa shape index (κ3) is 5.34. The van der Waals surface area contributed by atoms with E-state index in [2.05, 4.69) is 65.7 Å². The third-order valence-electron chi connectivity index (χ3n) is 7.09. The van der Waals surface area contributed by atoms with Crippen LogP contribution in [0.25, 0.3) is 11.2 Å². The van der Waals surface area contributed by atoms with E-state index in [-0.39, 0.29) is 47.5 Å². The number of fused-ring (bicyclic) bond motifs is 5. The summed E-state index contributed by atoms with van der Waals surface area (Å²) in [6.45, 7) is -9.93. The Bertz CT molecular complexity index is 1790. The Morgan fingerprint density at radius 2 is 1.91 bits per heavy atom. The van der Waals surface area contributed by atoms with Crippen LogP contribution in [-0.2, 0) is 32.0 Å². The zero-order valence-corrected chi connectivity index (χ0v) is 26.3. The van der Waals surface area contributed by atoms with E-state index >= 15 is 4.39 Å². The van der Waals surface area contributed by atoms with E-state index in [4.69, 9.17) is 34.3 Å². The first-order valence-electron chi connectivity index (χ1n) is 12.6. The van der Waals surface area contributed by atoms with Crippen LogP contribution in [0.3, 0.4) is 0 Å². The molecule has 44 heavy (non-hydrogen) atoms. The van der Waals surface area contributed by atoms with Crippen molar-refractivity contribution in [2.75, 3.05) is 41.7 Å². The van der Waals surface area contributed by atoms with Crippen LogP contribution in [0.15, 0.2) is 11.1 Å². The SMILES string of the molecule is Nc1nc2c(nnn2[C@@H]2S[C@@H]3COP(=O)(S)O[C@@H]4[C@@H](COP(=O)(S)O[C@@H]2C3)OC[C@@]4(F)N2NNc3c(N)ncnc32)c(=O)[nH]1. The van der Waals surface area contributed by atoms with Gasteiger partial charge in [0.15, 0.2) is 28.9 Å². The van der Waals surface area contributed by atoms with Crippen LogP contribution in [0.1, 0.15) is 11.8 Å². The molecule has 2 bridgehead atoms. The minimum absolute atomic E-state index is 0.0217. The average Bonchev–Trinajstić information content (AvgIpc) is 3.72. The zero-order valence-electron chi connectivity index (χ0n) is 21.9. The van der Waals surface area contributed by atoms with Gasteiger partial charge in [0, 0.05) is 5.25 Å². The van der Waals surface area contributed by atoms with Crippen LogP contribution in [0, 0.1) is 0 Å². The number of nitrogens with one attached hydrogen (secondary N) is 3. The molecule has 8 atom stereocenters. The Kier molecular flexibility index (Phi) is 7.56. The Balaban J connectivity index is 1.19. The monoisotopic (exact) mass is 712 g/mol. The number of thioether (sulfide) groups is 1. The highest BCUT2D eigenvalue weighted by Crippen LogP contribution is 2.62. The van der Waals surface area contributed by atoms with E-state index in [0.29, 0.717) is 0 Å². The number of ether oxygens (including phenoxy) is 1. The molecule has 7 rings (SSSR count). The number of hydrazine groups is 2. The summed E-state index contributed by atoms with van der Waals surface area (Å²) in [7, 11) is 0. The smallest absolute Gasteiger partial charge is 0.382 e. The predicted octanol–water partition coefficient (Wildman–Crippen LogP) is 0.782. The lowest BCUT2D eigenvalue weighted by molar-refractivity contribution is -0.00352. The van der Waals surface area contributed by atoms with Crippen molar-refractivity contribution < 1.29 is 36.4 Å². The van der Waals surface area contributed by atoms with Gasteiger partial charge in [-0.1, -0.05) is 29.7 Å². The van der Waals surface area contributed by atoms with Gasteiger partial charge in [-0.05, 0) is 6.42 Å². The summed E-state index contributed by atoms with van der Waals surface area (Å²) in [5.74, 6) is -2.70. The molecule has 3 fully saturated rings. The molecule has 3 aromatic heterocycles. The Morgan fingerprint density at radius 1 is 1.14 bits per heavy atom. The molecule has 0 radical (unpaired) electrons. The fourth-order valence-electron chi connectivity index (χ4n) is 5.15. The second-order valence-electron chi connectivity index (χ2n) is 9.94. The minimum Gasteiger partial charge on any atom is -0.382 e. The van der Waals surface area contributed by atoms with E-state index in [9.17, 15) is 13.9 Å². The van der Waals surface area contributed by atoms with Crippen LogP contribution >= 0.6 is 49.9 Å². The lowest BCUT2D eigenvalue weighted by Crippen LogP contribution is -2.60. The number of rotatable bonds is 2. The molecule has 0 aliphatic carbocycles. The number of nitrogens with zero attached hydrogens (tertiary/aromatic N) is 7. The normalized spacial score (nSPS) is 37.5. The number of thiol groups is 2. The van der Waals surface area contributed by atoms with Gasteiger partial charge in [0.05, 0.1) is 13.2 Å². The van der Waals surface area contributed by atoms with Gasteiger partial charge in [-0.25, -0.2) is 33.2 Å². The molecule has 2 unspecified atom stereocenters. The van der Waals surface area contributed by atoms with E-state index in [1.165, 1.54) is 16.4 Å². The van der Waals surface area contributed by atoms with Gasteiger partial charge in [0.2, 0.25) is 5.95 Å². The third-order valence-corrected chi connectivity index (χ3v) is 11.8. The Morgan fingerprint density at radius 3 is 2.73 bits per heavy atom. The molecule has 238 valence electrons. The van der Waals surface area contributed by atoms with Gasteiger partial charge in [0.25, 0.3) is 11.4 Å². The number of nitrogens with two attached hydrogens (primary N) is 2. The highest BCUT2D eigenvalue weighted by Gasteiger charge is 2.60. The van der Waals surface area contributed by atoms with Gasteiger partial charge in [-0.3, -0.25) is 33.3 Å². The maximum Gasteiger partial charge on any atom is 0.386 e. The molecule has 4 aliphatic rings. The molecule has 26 heteroatoms. The first-order chi connectivity index (χ1) is 20.8. The molecule has 20 nitrogen and oxygen atoms in total. The summed E-state index contributed by atoms with van der Waals surface area (Å²) in [5.41, 5.74) is 16.4. The number of nitrogen functional groups attached to an aromatic ring is 2. The largest absolute Gasteiger partial charge is 0.386 e. The average molecular weight is 713 g/mol. The van der Waals surface area contributed by atoms with Crippen LogP contribution in [0.5, 0.6) is 0 Å². The number of hydrogen-bond acceptors (Lipinski definition) is 19. The molecule has 0 saturated carbocycles. The van der Waals surface area contributed by atoms with Crippen LogP contribution < -0.4 is 33.0 Å². The number of alkyl halides is 1. The molecule has 4 aliphatic heterocycles. The van der Waals surface area contributed by atoms with Crippen molar-refractivity contribution in [1.82, 2.24) is 40.5 Å². The molecule has 0 aromatic carbocycles. The van der Waals surface area contributed by atoms with Crippen molar-refractivity contribution in [3.8, 4) is 0 Å². The highest BCUT2D eigenvalue weighted by atomic mass is 32.7. The number of aromatic nitrogens is 7. The number of H-pyrrole nitrogens is 1. The summed E-state index contributed by atoms with van der Waals surface area (Å²) in [6.07, 6.45) is -2.61. The predicted molar refractivity (Wildman–Crippen MR) is 159 cm³/mol. The minimum atomic E-state index is -4.30. The van der Waals surface area contributed by atoms with Gasteiger partial charge in [-0.2, -0.15) is 4.98 Å². The molecule has 7 heterocycles. The number of anilines is 4. The van der Waals surface area contributed by atoms with E-state index in [0.717, 1.165) is 11.3 Å². The lowest BCUT2D eigenvalue weighted by atomic mass is 10.1. The second-order valence-corrected chi connectivity index (χ2v) is 17.1. The molecule has 3 saturated heterocycles. The Labute approximate surface area is 260 Å². The van der Waals surface area contributed by atoms with Gasteiger partial charge in [-0.15, -0.1) is 22.4 Å². The summed E-state index contributed by atoms with van der Waals surface area (Å²) in [4.78, 5) is 26.7. The standard InChI is InChI=1S/C18H23FN12O8P2S3/c19-18(31-13-9(26-29-31)12(20)22-5-23-13)4-35-8-3-37-40(33,42)38-7-1-6(2-36-41(34,43)39-11(8)18)44-16(7)30-14-10(27-28-30)15(32)25-17(21)24-14/h5-8,11,16,26,29H,1-4H2,(H,33,42)(H,34,43)(H2,20,22,23)(H3,21,24,25,32)/t6-,7+,8+,11+,16+,18+,40?,41?/m0/s1. The van der Waals surface area contributed by atoms with Crippen molar-refractivity contribution in [3.63, 3.8) is 0 Å². The summed E-state index contributed by atoms with van der Waals surface area (Å²) in [5, 5.41) is 7.61. The molecule has 7 N–H and O–H groups in total. The van der Waals surface area contributed by atoms with Gasteiger partial charge >= 0.3 is 13.6 Å². The van der Waals surface area contributed by atoms with Crippen molar-refractivity contribution >= 4 is 84.3 Å². The molecule has 3 aromatic rings. The molecule has 0 amide bonds. The maximum atomic E-state index is 16.9. The summed E-state index contributed by atoms with van der Waals surface area (Å²) < 4.78 is 73.5. The van der Waals surface area contributed by atoms with Crippen molar-refractivity contribution in [2.45, 2.75) is 41.1 Å². The quantitative estimate of drug-likeness (QED) is 0.110. The first-order valence-corrected chi connectivity index (χ1v) is 19.0. The first kappa shape index (κ1) is 30.4. The fourth-order valence-corrected chi connectivity index (χ4v) is 9.79. The van der Waals surface area contributed by atoms with E-state index < -0.39 is 67.1 Å². The molecule has 0 spiro atoms. The zero-order chi connectivity index (χ0) is 31.0. The topological polar surface area (TPSA) is 262 Å². The van der Waals surface area contributed by atoms with Crippen molar-refractivity contribution in [1.29, 1.82) is 0 Å². The van der Waals surface area contributed by atoms with E-state index in [1.807, 2.05) is 0 Å². The highest BCUT2D eigenvalue weighted by molar-refractivity contribution is 8.44.